The second-order valence-electron chi connectivity index (χ2n) is 5.36. The summed E-state index contributed by atoms with van der Waals surface area (Å²) < 4.78 is 40.9. The standard InChI is InChI=1S/C15H20F3N3O/c16-15(17,18)22-13-7-2-1-6-12(13)8-9-20-14(19)21-10-11-4-3-5-11/h1-2,6-7,11H,3-5,8-10H2,(H3,19,20,21). The zero-order valence-electron chi connectivity index (χ0n) is 12.2. The highest BCUT2D eigenvalue weighted by Crippen LogP contribution is 2.27. The third-order valence-corrected chi connectivity index (χ3v) is 3.64. The molecular formula is C15H20F3N3O. The number of hydrogen-bond donors (Lipinski definition) is 2. The van der Waals surface area contributed by atoms with Crippen LogP contribution in [-0.4, -0.2) is 25.4 Å². The normalized spacial score (nSPS) is 16.2. The van der Waals surface area contributed by atoms with E-state index in [1.54, 1.807) is 12.1 Å². The van der Waals surface area contributed by atoms with Crippen molar-refractivity contribution in [3.05, 3.63) is 29.8 Å². The summed E-state index contributed by atoms with van der Waals surface area (Å²) in [5.41, 5.74) is 6.20. The van der Waals surface area contributed by atoms with E-state index >= 15 is 0 Å². The minimum Gasteiger partial charge on any atom is -0.406 e. The molecule has 0 aliphatic heterocycles. The van der Waals surface area contributed by atoms with Crippen LogP contribution in [0.4, 0.5) is 13.2 Å². The average Bonchev–Trinajstić information content (AvgIpc) is 2.37. The van der Waals surface area contributed by atoms with E-state index < -0.39 is 6.36 Å². The molecule has 0 amide bonds. The maximum Gasteiger partial charge on any atom is 0.573 e. The fraction of sp³-hybridized carbons (Fsp3) is 0.533. The molecule has 1 aromatic carbocycles. The number of nitrogens with zero attached hydrogens (tertiary/aromatic N) is 1. The number of benzene rings is 1. The lowest BCUT2D eigenvalue weighted by atomic mass is 9.86. The van der Waals surface area contributed by atoms with Gasteiger partial charge in [-0.3, -0.25) is 4.99 Å². The summed E-state index contributed by atoms with van der Waals surface area (Å²) in [7, 11) is 0. The van der Waals surface area contributed by atoms with E-state index in [-0.39, 0.29) is 5.75 Å². The van der Waals surface area contributed by atoms with Crippen molar-refractivity contribution >= 4 is 5.96 Å². The first-order valence-electron chi connectivity index (χ1n) is 7.31. The number of alkyl halides is 3. The topological polar surface area (TPSA) is 59.6 Å². The van der Waals surface area contributed by atoms with Crippen LogP contribution in [0.2, 0.25) is 0 Å². The minimum atomic E-state index is -4.69. The molecule has 0 saturated heterocycles. The molecule has 4 nitrogen and oxygen atoms in total. The van der Waals surface area contributed by atoms with Crippen molar-refractivity contribution in [2.24, 2.45) is 16.6 Å². The van der Waals surface area contributed by atoms with Gasteiger partial charge in [0.15, 0.2) is 5.96 Å². The first-order chi connectivity index (χ1) is 10.4. The highest BCUT2D eigenvalue weighted by molar-refractivity contribution is 5.77. The van der Waals surface area contributed by atoms with Crippen molar-refractivity contribution in [1.82, 2.24) is 5.32 Å². The molecule has 2 rings (SSSR count). The molecule has 0 radical (unpaired) electrons. The molecule has 0 heterocycles. The smallest absolute Gasteiger partial charge is 0.406 e. The number of para-hydroxylation sites is 1. The predicted molar refractivity (Wildman–Crippen MR) is 78.7 cm³/mol. The van der Waals surface area contributed by atoms with Crippen LogP contribution in [0.25, 0.3) is 0 Å². The molecule has 0 aromatic heterocycles. The Kier molecular flexibility index (Phi) is 5.51. The Hall–Kier alpha value is -1.92. The third-order valence-electron chi connectivity index (χ3n) is 3.64. The molecule has 7 heteroatoms. The van der Waals surface area contributed by atoms with Gasteiger partial charge in [-0.05, 0) is 36.8 Å². The second kappa shape index (κ2) is 7.38. The lowest BCUT2D eigenvalue weighted by Gasteiger charge is -2.23. The number of hydrogen-bond acceptors (Lipinski definition) is 2. The predicted octanol–water partition coefficient (Wildman–Crippen LogP) is 2.83. The average molecular weight is 315 g/mol. The summed E-state index contributed by atoms with van der Waals surface area (Å²) in [6.07, 6.45) is -0.680. The Bertz CT molecular complexity index is 513. The van der Waals surface area contributed by atoms with Gasteiger partial charge < -0.3 is 15.8 Å². The molecule has 0 atom stereocenters. The molecule has 3 N–H and O–H groups in total. The molecule has 0 bridgehead atoms. The van der Waals surface area contributed by atoms with Gasteiger partial charge in [0.25, 0.3) is 0 Å². The van der Waals surface area contributed by atoms with Gasteiger partial charge in [-0.15, -0.1) is 13.2 Å². The Balaban J connectivity index is 1.80. The Morgan fingerprint density at radius 3 is 2.68 bits per heavy atom. The molecule has 122 valence electrons. The summed E-state index contributed by atoms with van der Waals surface area (Å²) in [5, 5.41) is 2.92. The third kappa shape index (κ3) is 5.46. The summed E-state index contributed by atoms with van der Waals surface area (Å²) in [4.78, 5) is 4.23. The van der Waals surface area contributed by atoms with Crippen molar-refractivity contribution in [2.75, 3.05) is 13.1 Å². The zero-order chi connectivity index (χ0) is 16.0. The zero-order valence-corrected chi connectivity index (χ0v) is 12.2. The van der Waals surface area contributed by atoms with Crippen molar-refractivity contribution in [3.8, 4) is 5.75 Å². The van der Waals surface area contributed by atoms with Gasteiger partial charge in [-0.25, -0.2) is 0 Å². The van der Waals surface area contributed by atoms with Crippen LogP contribution in [-0.2, 0) is 6.42 Å². The number of nitrogens with two attached hydrogens (primary N) is 1. The SMILES string of the molecule is NC(=NCC1CCC1)NCCc1ccccc1OC(F)(F)F. The Labute approximate surface area is 127 Å². The maximum absolute atomic E-state index is 12.3. The molecule has 1 aliphatic rings. The molecule has 1 fully saturated rings. The summed E-state index contributed by atoms with van der Waals surface area (Å²) in [6, 6.07) is 6.08. The molecule has 1 aliphatic carbocycles. The van der Waals surface area contributed by atoms with Crippen molar-refractivity contribution in [3.63, 3.8) is 0 Å². The van der Waals surface area contributed by atoms with Gasteiger partial charge in [0.2, 0.25) is 0 Å². The molecule has 0 unspecified atom stereocenters. The van der Waals surface area contributed by atoms with Gasteiger partial charge in [-0.1, -0.05) is 24.6 Å². The van der Waals surface area contributed by atoms with E-state index in [1.165, 1.54) is 31.4 Å². The van der Waals surface area contributed by atoms with Gasteiger partial charge >= 0.3 is 6.36 Å². The molecule has 1 aromatic rings. The van der Waals surface area contributed by atoms with E-state index in [0.29, 0.717) is 37.0 Å². The maximum atomic E-state index is 12.3. The van der Waals surface area contributed by atoms with Crippen molar-refractivity contribution in [1.29, 1.82) is 0 Å². The second-order valence-corrected chi connectivity index (χ2v) is 5.36. The summed E-state index contributed by atoms with van der Waals surface area (Å²) in [5.74, 6) is 0.782. The monoisotopic (exact) mass is 315 g/mol. The molecule has 22 heavy (non-hydrogen) atoms. The quantitative estimate of drug-likeness (QED) is 0.627. The number of nitrogens with one attached hydrogen (secondary N) is 1. The number of guanidine groups is 1. The number of ether oxygens (including phenoxy) is 1. The molecule has 1 saturated carbocycles. The number of rotatable bonds is 6. The summed E-state index contributed by atoms with van der Waals surface area (Å²) in [6.45, 7) is 1.12. The van der Waals surface area contributed by atoms with Crippen molar-refractivity contribution in [2.45, 2.75) is 32.0 Å². The first kappa shape index (κ1) is 16.5. The van der Waals surface area contributed by atoms with Gasteiger partial charge in [0.05, 0.1) is 0 Å². The fourth-order valence-corrected chi connectivity index (χ4v) is 2.22. The van der Waals surface area contributed by atoms with E-state index in [4.69, 9.17) is 5.73 Å². The lowest BCUT2D eigenvalue weighted by Crippen LogP contribution is -2.34. The number of halogens is 3. The lowest BCUT2D eigenvalue weighted by molar-refractivity contribution is -0.274. The highest BCUT2D eigenvalue weighted by atomic mass is 19.4. The van der Waals surface area contributed by atoms with Crippen LogP contribution in [0.5, 0.6) is 5.75 Å². The van der Waals surface area contributed by atoms with E-state index in [9.17, 15) is 13.2 Å². The minimum absolute atomic E-state index is 0.179. The van der Waals surface area contributed by atoms with Gasteiger partial charge in [0.1, 0.15) is 5.75 Å². The molecular weight excluding hydrogens is 295 g/mol. The van der Waals surface area contributed by atoms with Crippen LogP contribution >= 0.6 is 0 Å². The van der Waals surface area contributed by atoms with Crippen LogP contribution in [0.3, 0.4) is 0 Å². The Morgan fingerprint density at radius 1 is 1.32 bits per heavy atom. The van der Waals surface area contributed by atoms with Crippen LogP contribution in [0.1, 0.15) is 24.8 Å². The largest absolute Gasteiger partial charge is 0.573 e. The Morgan fingerprint density at radius 2 is 2.05 bits per heavy atom. The number of aliphatic imine (C=N–C) groups is 1. The van der Waals surface area contributed by atoms with Gasteiger partial charge in [0, 0.05) is 13.1 Å². The van der Waals surface area contributed by atoms with Crippen molar-refractivity contribution < 1.29 is 17.9 Å². The first-order valence-corrected chi connectivity index (χ1v) is 7.31. The van der Waals surface area contributed by atoms with Crippen LogP contribution < -0.4 is 15.8 Å². The van der Waals surface area contributed by atoms with E-state index in [0.717, 1.165) is 0 Å². The summed E-state index contributed by atoms with van der Waals surface area (Å²) >= 11 is 0. The van der Waals surface area contributed by atoms with Gasteiger partial charge in [-0.2, -0.15) is 0 Å². The van der Waals surface area contributed by atoms with E-state index in [1.807, 2.05) is 0 Å². The fourth-order valence-electron chi connectivity index (χ4n) is 2.22. The highest BCUT2D eigenvalue weighted by Gasteiger charge is 2.31. The van der Waals surface area contributed by atoms with Crippen LogP contribution in [0, 0.1) is 5.92 Å². The van der Waals surface area contributed by atoms with E-state index in [2.05, 4.69) is 15.0 Å². The molecule has 0 spiro atoms. The van der Waals surface area contributed by atoms with Crippen LogP contribution in [0.15, 0.2) is 29.3 Å².